The van der Waals surface area contributed by atoms with E-state index in [0.29, 0.717) is 5.56 Å². The van der Waals surface area contributed by atoms with Crippen molar-refractivity contribution in [3.05, 3.63) is 112 Å². The molecule has 0 saturated heterocycles. The van der Waals surface area contributed by atoms with Gasteiger partial charge in [0.05, 0.1) is 7.11 Å². The summed E-state index contributed by atoms with van der Waals surface area (Å²) < 4.78 is 12.3. The Morgan fingerprint density at radius 1 is 0.812 bits per heavy atom. The van der Waals surface area contributed by atoms with E-state index in [1.54, 1.807) is 7.11 Å². The van der Waals surface area contributed by atoms with Crippen molar-refractivity contribution in [3.8, 4) is 11.5 Å². The van der Waals surface area contributed by atoms with Crippen LogP contribution in [0.5, 0.6) is 11.5 Å². The lowest BCUT2D eigenvalue weighted by molar-refractivity contribution is 0.112. The summed E-state index contributed by atoms with van der Waals surface area (Å²) >= 11 is 0. The summed E-state index contributed by atoms with van der Waals surface area (Å²) in [7, 11) is 1.66. The smallest absolute Gasteiger partial charge is 0.178 e. The minimum Gasteiger partial charge on any atom is -0.497 e. The lowest BCUT2D eigenvalue weighted by Crippen LogP contribution is -2.34. The highest BCUT2D eigenvalue weighted by atomic mass is 16.5. The second-order valence-corrected chi connectivity index (χ2v) is 8.18. The minimum absolute atomic E-state index is 0.635. The summed E-state index contributed by atoms with van der Waals surface area (Å²) in [5.74, 6) is 1.67. The highest BCUT2D eigenvalue weighted by molar-refractivity contribution is 5.96. The normalized spacial score (nSPS) is 17.0. The molecule has 0 N–H and O–H groups in total. The molecule has 0 saturated carbocycles. The zero-order valence-corrected chi connectivity index (χ0v) is 18.4. The SMILES string of the molecule is COc1ccc(C2(c3ccc(C=O)cc3)C=Cc3c(C)c(C)c4ccccc4c3O2)cc1. The van der Waals surface area contributed by atoms with Crippen molar-refractivity contribution in [2.45, 2.75) is 19.4 Å². The quantitative estimate of drug-likeness (QED) is 0.348. The Bertz CT molecular complexity index is 1350. The number of aldehydes is 1. The number of methoxy groups -OCH3 is 1. The first-order chi connectivity index (χ1) is 15.6. The molecule has 0 amide bonds. The van der Waals surface area contributed by atoms with Crippen molar-refractivity contribution in [1.29, 1.82) is 0 Å². The number of aryl methyl sites for hydroxylation is 1. The number of fused-ring (bicyclic) bond motifs is 3. The summed E-state index contributed by atoms with van der Waals surface area (Å²) in [4.78, 5) is 11.2. The number of benzene rings is 4. The number of carbonyl (C=O) groups is 1. The van der Waals surface area contributed by atoms with E-state index >= 15 is 0 Å². The largest absolute Gasteiger partial charge is 0.497 e. The van der Waals surface area contributed by atoms with Crippen LogP contribution in [0.2, 0.25) is 0 Å². The van der Waals surface area contributed by atoms with E-state index in [1.807, 2.05) is 54.6 Å². The van der Waals surface area contributed by atoms with Crippen molar-refractivity contribution < 1.29 is 14.3 Å². The molecule has 0 aliphatic carbocycles. The predicted octanol–water partition coefficient (Wildman–Crippen LogP) is 6.63. The van der Waals surface area contributed by atoms with Crippen LogP contribution in [0, 0.1) is 13.8 Å². The van der Waals surface area contributed by atoms with E-state index in [4.69, 9.17) is 9.47 Å². The highest BCUT2D eigenvalue weighted by Gasteiger charge is 2.38. The Balaban J connectivity index is 1.77. The Morgan fingerprint density at radius 2 is 1.44 bits per heavy atom. The van der Waals surface area contributed by atoms with Crippen molar-refractivity contribution in [2.75, 3.05) is 7.11 Å². The first-order valence-corrected chi connectivity index (χ1v) is 10.7. The topological polar surface area (TPSA) is 35.5 Å². The average molecular weight is 421 g/mol. The molecule has 1 aliphatic heterocycles. The molecule has 0 radical (unpaired) electrons. The molecule has 1 atom stereocenters. The van der Waals surface area contributed by atoms with Gasteiger partial charge in [0.25, 0.3) is 0 Å². The molecular formula is C29H24O3. The van der Waals surface area contributed by atoms with Crippen LogP contribution in [-0.4, -0.2) is 13.4 Å². The van der Waals surface area contributed by atoms with Gasteiger partial charge in [0, 0.05) is 27.6 Å². The van der Waals surface area contributed by atoms with Gasteiger partial charge in [-0.1, -0.05) is 66.7 Å². The molecule has 158 valence electrons. The predicted molar refractivity (Wildman–Crippen MR) is 129 cm³/mol. The third-order valence-electron chi connectivity index (χ3n) is 6.53. The van der Waals surface area contributed by atoms with E-state index in [1.165, 1.54) is 16.5 Å². The molecule has 3 nitrogen and oxygen atoms in total. The van der Waals surface area contributed by atoms with Crippen molar-refractivity contribution in [1.82, 2.24) is 0 Å². The van der Waals surface area contributed by atoms with Gasteiger partial charge in [-0.2, -0.15) is 0 Å². The number of hydrogen-bond acceptors (Lipinski definition) is 3. The Labute approximate surface area is 187 Å². The van der Waals surface area contributed by atoms with Gasteiger partial charge in [0.15, 0.2) is 5.60 Å². The van der Waals surface area contributed by atoms with Gasteiger partial charge in [0.1, 0.15) is 17.8 Å². The maximum absolute atomic E-state index is 11.2. The summed E-state index contributed by atoms with van der Waals surface area (Å²) in [5.41, 5.74) is 5.34. The molecule has 5 rings (SSSR count). The third kappa shape index (κ3) is 3.01. The minimum atomic E-state index is -0.828. The lowest BCUT2D eigenvalue weighted by atomic mass is 9.82. The van der Waals surface area contributed by atoms with E-state index in [0.717, 1.165) is 39.9 Å². The van der Waals surface area contributed by atoms with E-state index in [2.05, 4.69) is 44.2 Å². The highest BCUT2D eigenvalue weighted by Crippen LogP contribution is 2.47. The van der Waals surface area contributed by atoms with Crippen molar-refractivity contribution in [2.24, 2.45) is 0 Å². The van der Waals surface area contributed by atoms with Gasteiger partial charge in [-0.25, -0.2) is 0 Å². The maximum atomic E-state index is 11.2. The maximum Gasteiger partial charge on any atom is 0.178 e. The lowest BCUT2D eigenvalue weighted by Gasteiger charge is -2.37. The molecular weight excluding hydrogens is 396 g/mol. The molecule has 0 bridgehead atoms. The van der Waals surface area contributed by atoms with Crippen LogP contribution in [0.4, 0.5) is 0 Å². The van der Waals surface area contributed by atoms with Crippen LogP contribution >= 0.6 is 0 Å². The fourth-order valence-electron chi connectivity index (χ4n) is 4.56. The monoisotopic (exact) mass is 420 g/mol. The third-order valence-corrected chi connectivity index (χ3v) is 6.53. The van der Waals surface area contributed by atoms with Crippen molar-refractivity contribution >= 4 is 23.1 Å². The van der Waals surface area contributed by atoms with E-state index < -0.39 is 5.60 Å². The molecule has 4 aromatic carbocycles. The second-order valence-electron chi connectivity index (χ2n) is 8.18. The van der Waals surface area contributed by atoms with Gasteiger partial charge in [0.2, 0.25) is 0 Å². The number of carbonyl (C=O) groups excluding carboxylic acids is 1. The van der Waals surface area contributed by atoms with Gasteiger partial charge < -0.3 is 9.47 Å². The molecule has 1 unspecified atom stereocenters. The molecule has 1 aliphatic rings. The molecule has 0 spiro atoms. The van der Waals surface area contributed by atoms with E-state index in [-0.39, 0.29) is 0 Å². The Kier molecular flexibility index (Phi) is 4.82. The Hall–Kier alpha value is -3.85. The average Bonchev–Trinajstić information content (AvgIpc) is 2.87. The molecule has 1 heterocycles. The van der Waals surface area contributed by atoms with E-state index in [9.17, 15) is 4.79 Å². The standard InChI is InChI=1S/C29H24O3/c1-19-20(2)26-16-17-29(22-10-8-21(18-30)9-11-22,23-12-14-24(31-3)15-13-23)32-28(26)27-7-5-4-6-25(19)27/h4-18H,1-3H3. The van der Waals surface area contributed by atoms with Crippen LogP contribution in [0.25, 0.3) is 16.8 Å². The van der Waals surface area contributed by atoms with Crippen LogP contribution in [-0.2, 0) is 5.60 Å². The summed E-state index contributed by atoms with van der Waals surface area (Å²) in [6, 6.07) is 23.9. The Morgan fingerprint density at radius 3 is 2.06 bits per heavy atom. The number of hydrogen-bond donors (Lipinski definition) is 0. The van der Waals surface area contributed by atoms with Gasteiger partial charge in [-0.15, -0.1) is 0 Å². The molecule has 0 aromatic heterocycles. The second kappa shape index (κ2) is 7.69. The molecule has 0 fully saturated rings. The van der Waals surface area contributed by atoms with Gasteiger partial charge in [-0.05, 0) is 48.6 Å². The number of ether oxygens (including phenoxy) is 2. The zero-order valence-electron chi connectivity index (χ0n) is 18.4. The fraction of sp³-hybridized carbons (Fsp3) is 0.138. The first kappa shape index (κ1) is 20.1. The first-order valence-electron chi connectivity index (χ1n) is 10.7. The van der Waals surface area contributed by atoms with Crippen LogP contribution < -0.4 is 9.47 Å². The molecule has 32 heavy (non-hydrogen) atoms. The van der Waals surface area contributed by atoms with Crippen LogP contribution in [0.3, 0.4) is 0 Å². The summed E-state index contributed by atoms with van der Waals surface area (Å²) in [6.45, 7) is 4.31. The summed E-state index contributed by atoms with van der Waals surface area (Å²) in [5, 5.41) is 2.29. The van der Waals surface area contributed by atoms with Crippen LogP contribution in [0.15, 0.2) is 78.9 Å². The fourth-order valence-corrected chi connectivity index (χ4v) is 4.56. The van der Waals surface area contributed by atoms with Gasteiger partial charge in [-0.3, -0.25) is 4.79 Å². The summed E-state index contributed by atoms with van der Waals surface area (Å²) in [6.07, 6.45) is 5.15. The van der Waals surface area contributed by atoms with Crippen molar-refractivity contribution in [3.63, 3.8) is 0 Å². The molecule has 3 heteroatoms. The zero-order chi connectivity index (χ0) is 22.3. The van der Waals surface area contributed by atoms with Gasteiger partial charge >= 0.3 is 0 Å². The molecule has 4 aromatic rings. The van der Waals surface area contributed by atoms with Crippen LogP contribution in [0.1, 0.15) is 38.2 Å². The number of rotatable bonds is 4.